The first-order valence-corrected chi connectivity index (χ1v) is 6.73. The summed E-state index contributed by atoms with van der Waals surface area (Å²) in [5, 5.41) is 12.9. The summed E-state index contributed by atoms with van der Waals surface area (Å²) in [6.07, 6.45) is 0. The van der Waals surface area contributed by atoms with E-state index in [4.69, 9.17) is 5.21 Å². The molecule has 2 aromatic rings. The molecule has 1 heterocycles. The molecule has 0 aliphatic heterocycles. The fourth-order valence-electron chi connectivity index (χ4n) is 1.88. The molecule has 7 heteroatoms. The molecule has 1 aromatic carbocycles. The minimum Gasteiger partial charge on any atom is -0.302 e. The number of aromatic nitrogens is 2. The number of nitrogens with one attached hydrogen (secondary N) is 1. The molecule has 0 aliphatic rings. The van der Waals surface area contributed by atoms with E-state index in [1.807, 2.05) is 30.3 Å². The van der Waals surface area contributed by atoms with Crippen LogP contribution in [0.3, 0.4) is 0 Å². The Balaban J connectivity index is 2.66. The van der Waals surface area contributed by atoms with E-state index >= 15 is 0 Å². The molecule has 0 bridgehead atoms. The molecule has 2 N–H and O–H groups in total. The van der Waals surface area contributed by atoms with Crippen molar-refractivity contribution in [2.75, 3.05) is 0 Å². The third kappa shape index (κ3) is 2.03. The molecule has 18 heavy (non-hydrogen) atoms. The van der Waals surface area contributed by atoms with Crippen LogP contribution in [0, 0.1) is 13.8 Å². The first-order chi connectivity index (χ1) is 8.47. The first-order valence-electron chi connectivity index (χ1n) is 5.25. The highest BCUT2D eigenvalue weighted by Gasteiger charge is 2.24. The van der Waals surface area contributed by atoms with Gasteiger partial charge in [0.2, 0.25) is 0 Å². The maximum atomic E-state index is 11.7. The lowest BCUT2D eigenvalue weighted by molar-refractivity contribution is 0.242. The Bertz CT molecular complexity index is 662. The van der Waals surface area contributed by atoms with Gasteiger partial charge in [0.15, 0.2) is 0 Å². The summed E-state index contributed by atoms with van der Waals surface area (Å²) in [7, 11) is -3.92. The second kappa shape index (κ2) is 4.52. The fourth-order valence-corrected chi connectivity index (χ4v) is 2.88. The number of para-hydroxylation sites is 1. The van der Waals surface area contributed by atoms with Crippen molar-refractivity contribution in [1.82, 2.24) is 14.7 Å². The Labute approximate surface area is 105 Å². The third-order valence-electron chi connectivity index (χ3n) is 2.61. The van der Waals surface area contributed by atoms with Gasteiger partial charge in [0.05, 0.1) is 17.1 Å². The highest BCUT2D eigenvalue weighted by atomic mass is 32.2. The smallest absolute Gasteiger partial charge is 0.265 e. The highest BCUT2D eigenvalue weighted by Crippen LogP contribution is 2.21. The van der Waals surface area contributed by atoms with Crippen LogP contribution in [0.1, 0.15) is 11.4 Å². The van der Waals surface area contributed by atoms with Crippen molar-refractivity contribution in [3.05, 3.63) is 41.7 Å². The minimum atomic E-state index is -3.92. The maximum Gasteiger partial charge on any atom is 0.265 e. The van der Waals surface area contributed by atoms with Crippen molar-refractivity contribution in [2.45, 2.75) is 18.7 Å². The first kappa shape index (κ1) is 12.7. The van der Waals surface area contributed by atoms with Gasteiger partial charge in [-0.05, 0) is 26.0 Å². The second-order valence-electron chi connectivity index (χ2n) is 3.84. The molecule has 0 saturated heterocycles. The van der Waals surface area contributed by atoms with Crippen molar-refractivity contribution in [3.8, 4) is 5.69 Å². The topological polar surface area (TPSA) is 84.2 Å². The van der Waals surface area contributed by atoms with Gasteiger partial charge in [-0.1, -0.05) is 23.1 Å². The molecule has 6 nitrogen and oxygen atoms in total. The average Bonchev–Trinajstić information content (AvgIpc) is 2.66. The van der Waals surface area contributed by atoms with E-state index < -0.39 is 10.0 Å². The van der Waals surface area contributed by atoms with E-state index in [1.165, 1.54) is 9.57 Å². The van der Waals surface area contributed by atoms with Crippen LogP contribution in [-0.4, -0.2) is 23.4 Å². The van der Waals surface area contributed by atoms with Gasteiger partial charge in [-0.25, -0.2) is 13.1 Å². The second-order valence-corrected chi connectivity index (χ2v) is 5.44. The van der Waals surface area contributed by atoms with Crippen molar-refractivity contribution in [3.63, 3.8) is 0 Å². The molecular weight excluding hydrogens is 254 g/mol. The van der Waals surface area contributed by atoms with Crippen molar-refractivity contribution >= 4 is 10.0 Å². The van der Waals surface area contributed by atoms with Gasteiger partial charge in [0.1, 0.15) is 4.90 Å². The van der Waals surface area contributed by atoms with Crippen molar-refractivity contribution in [2.24, 2.45) is 0 Å². The Hall–Kier alpha value is -1.70. The van der Waals surface area contributed by atoms with Gasteiger partial charge >= 0.3 is 0 Å². The summed E-state index contributed by atoms with van der Waals surface area (Å²) in [6, 6.07) is 9.18. The predicted octanol–water partition coefficient (Wildman–Crippen LogP) is 1.16. The normalized spacial score (nSPS) is 11.7. The van der Waals surface area contributed by atoms with E-state index in [-0.39, 0.29) is 4.90 Å². The van der Waals surface area contributed by atoms with Gasteiger partial charge in [-0.2, -0.15) is 5.10 Å². The monoisotopic (exact) mass is 267 g/mol. The molecule has 0 fully saturated rings. The maximum absolute atomic E-state index is 11.7. The number of hydrogen-bond acceptors (Lipinski definition) is 4. The third-order valence-corrected chi connectivity index (χ3v) is 3.98. The zero-order valence-corrected chi connectivity index (χ0v) is 10.8. The van der Waals surface area contributed by atoms with Crippen LogP contribution >= 0.6 is 0 Å². The van der Waals surface area contributed by atoms with Crippen LogP contribution in [0.15, 0.2) is 35.2 Å². The molecule has 0 atom stereocenters. The van der Waals surface area contributed by atoms with E-state index in [9.17, 15) is 8.42 Å². The number of hydrogen-bond donors (Lipinski definition) is 2. The van der Waals surface area contributed by atoms with Gasteiger partial charge in [-0.3, -0.25) is 0 Å². The van der Waals surface area contributed by atoms with Crippen molar-refractivity contribution in [1.29, 1.82) is 0 Å². The van der Waals surface area contributed by atoms with Crippen molar-refractivity contribution < 1.29 is 13.6 Å². The van der Waals surface area contributed by atoms with Crippen LogP contribution in [0.2, 0.25) is 0 Å². The van der Waals surface area contributed by atoms with Crippen LogP contribution < -0.4 is 4.89 Å². The van der Waals surface area contributed by atoms with E-state index in [0.717, 1.165) is 5.69 Å². The van der Waals surface area contributed by atoms with Crippen LogP contribution in [0.25, 0.3) is 5.69 Å². The highest BCUT2D eigenvalue weighted by molar-refractivity contribution is 7.89. The molecule has 96 valence electrons. The molecule has 0 amide bonds. The number of nitrogens with zero attached hydrogens (tertiary/aromatic N) is 2. The lowest BCUT2D eigenvalue weighted by atomic mass is 10.3. The summed E-state index contributed by atoms with van der Waals surface area (Å²) in [5.41, 5.74) is 1.54. The molecule has 0 unspecified atom stereocenters. The standard InChI is InChI=1S/C11H13N3O3S/c1-8-11(18(16,17)13-15)9(2)14(12-8)10-6-4-3-5-7-10/h3-7,13,15H,1-2H3. The summed E-state index contributed by atoms with van der Waals surface area (Å²) < 4.78 is 24.9. The lowest BCUT2D eigenvalue weighted by Crippen LogP contribution is -2.20. The van der Waals surface area contributed by atoms with Crippen LogP contribution in [0.5, 0.6) is 0 Å². The van der Waals surface area contributed by atoms with Crippen LogP contribution in [0.4, 0.5) is 0 Å². The Morgan fingerprint density at radius 1 is 1.22 bits per heavy atom. The Morgan fingerprint density at radius 2 is 1.83 bits per heavy atom. The van der Waals surface area contributed by atoms with Crippen LogP contribution in [-0.2, 0) is 10.0 Å². The zero-order valence-electron chi connectivity index (χ0n) is 9.95. The largest absolute Gasteiger partial charge is 0.302 e. The van der Waals surface area contributed by atoms with E-state index in [2.05, 4.69) is 5.10 Å². The lowest BCUT2D eigenvalue weighted by Gasteiger charge is -2.04. The zero-order chi connectivity index (χ0) is 13.3. The predicted molar refractivity (Wildman–Crippen MR) is 65.1 cm³/mol. The van der Waals surface area contributed by atoms with E-state index in [1.54, 1.807) is 13.8 Å². The average molecular weight is 267 g/mol. The number of aryl methyl sites for hydroxylation is 1. The summed E-state index contributed by atoms with van der Waals surface area (Å²) >= 11 is 0. The summed E-state index contributed by atoms with van der Waals surface area (Å²) in [6.45, 7) is 3.22. The van der Waals surface area contributed by atoms with E-state index in [0.29, 0.717) is 11.4 Å². The molecule has 2 rings (SSSR count). The molecule has 1 aromatic heterocycles. The minimum absolute atomic E-state index is 0.00569. The molecular formula is C11H13N3O3S. The molecule has 0 radical (unpaired) electrons. The number of rotatable bonds is 3. The molecule has 0 spiro atoms. The number of sulfonamides is 1. The summed E-state index contributed by atoms with van der Waals surface area (Å²) in [5.74, 6) is 0. The Kier molecular flexibility index (Phi) is 3.20. The quantitative estimate of drug-likeness (QED) is 0.817. The fraction of sp³-hybridized carbons (Fsp3) is 0.182. The molecule has 0 aliphatic carbocycles. The van der Waals surface area contributed by atoms with Gasteiger partial charge in [0.25, 0.3) is 10.0 Å². The SMILES string of the molecule is Cc1nn(-c2ccccc2)c(C)c1S(=O)(=O)NO. The Morgan fingerprint density at radius 3 is 2.39 bits per heavy atom. The summed E-state index contributed by atoms with van der Waals surface area (Å²) in [4.78, 5) is 1.32. The molecule has 0 saturated carbocycles. The van der Waals surface area contributed by atoms with Gasteiger partial charge < -0.3 is 5.21 Å². The number of benzene rings is 1. The van der Waals surface area contributed by atoms with Gasteiger partial charge in [-0.15, -0.1) is 0 Å². The van der Waals surface area contributed by atoms with Gasteiger partial charge in [0, 0.05) is 0 Å².